The lowest BCUT2D eigenvalue weighted by Crippen LogP contribution is -2.26. The third-order valence-corrected chi connectivity index (χ3v) is 5.87. The molecule has 3 aromatic rings. The van der Waals surface area contributed by atoms with Crippen molar-refractivity contribution in [3.8, 4) is 28.5 Å². The van der Waals surface area contributed by atoms with Crippen LogP contribution in [0.15, 0.2) is 54.6 Å². The van der Waals surface area contributed by atoms with Gasteiger partial charge in [-0.3, -0.25) is 9.78 Å². The van der Waals surface area contributed by atoms with Crippen LogP contribution in [-0.2, 0) is 16.6 Å². The van der Waals surface area contributed by atoms with Gasteiger partial charge in [0.2, 0.25) is 0 Å². The molecule has 7 heteroatoms. The standard InChI is InChI=1S/C24H19F2NO4/c1-14-2-6-17(27-22(14)15-3-7-18(28)8-4-15)13-21(29)23(10-11-23)16-5-9-19-20(12-16)31-24(25,26)30-19/h2-9,12,28H,10-11,13H2,1H3. The lowest BCUT2D eigenvalue weighted by molar-refractivity contribution is -0.286. The van der Waals surface area contributed by atoms with Crippen LogP contribution in [0.5, 0.6) is 17.2 Å². The van der Waals surface area contributed by atoms with Crippen molar-refractivity contribution in [2.24, 2.45) is 0 Å². The van der Waals surface area contributed by atoms with Gasteiger partial charge in [-0.15, -0.1) is 8.78 Å². The van der Waals surface area contributed by atoms with Gasteiger partial charge >= 0.3 is 6.29 Å². The minimum Gasteiger partial charge on any atom is -0.508 e. The molecule has 1 N–H and O–H groups in total. The van der Waals surface area contributed by atoms with E-state index in [2.05, 4.69) is 14.5 Å². The molecule has 1 aliphatic heterocycles. The molecule has 0 radical (unpaired) electrons. The summed E-state index contributed by atoms with van der Waals surface area (Å²) in [6.07, 6.45) is -2.24. The Hall–Kier alpha value is -3.48. The molecule has 0 bridgehead atoms. The number of phenols is 1. The molecule has 158 valence electrons. The van der Waals surface area contributed by atoms with E-state index in [1.54, 1.807) is 30.3 Å². The van der Waals surface area contributed by atoms with Crippen molar-refractivity contribution in [1.29, 1.82) is 0 Å². The number of hydrogen-bond donors (Lipinski definition) is 1. The van der Waals surface area contributed by atoms with Gasteiger partial charge in [0.05, 0.1) is 11.1 Å². The number of rotatable bonds is 5. The smallest absolute Gasteiger partial charge is 0.508 e. The van der Waals surface area contributed by atoms with Crippen LogP contribution in [0.2, 0.25) is 0 Å². The zero-order valence-electron chi connectivity index (χ0n) is 16.7. The van der Waals surface area contributed by atoms with Crippen molar-refractivity contribution in [3.63, 3.8) is 0 Å². The quantitative estimate of drug-likeness (QED) is 0.630. The zero-order chi connectivity index (χ0) is 21.8. The van der Waals surface area contributed by atoms with Gasteiger partial charge in [-0.1, -0.05) is 12.1 Å². The van der Waals surface area contributed by atoms with Crippen molar-refractivity contribution in [1.82, 2.24) is 4.98 Å². The molecule has 2 heterocycles. The molecular formula is C24H19F2NO4. The van der Waals surface area contributed by atoms with Crippen LogP contribution in [0.3, 0.4) is 0 Å². The fraction of sp³-hybridized carbons (Fsp3) is 0.250. The molecule has 1 aliphatic carbocycles. The summed E-state index contributed by atoms with van der Waals surface area (Å²) in [5, 5.41) is 9.51. The molecular weight excluding hydrogens is 404 g/mol. The molecule has 31 heavy (non-hydrogen) atoms. The van der Waals surface area contributed by atoms with Gasteiger partial charge in [0.15, 0.2) is 11.5 Å². The van der Waals surface area contributed by atoms with Gasteiger partial charge in [0.25, 0.3) is 0 Å². The Labute approximate surface area is 177 Å². The first-order valence-electron chi connectivity index (χ1n) is 9.95. The molecule has 0 saturated heterocycles. The molecule has 1 fully saturated rings. The summed E-state index contributed by atoms with van der Waals surface area (Å²) in [5.41, 5.74) is 3.14. The van der Waals surface area contributed by atoms with Gasteiger partial charge in [0.1, 0.15) is 11.5 Å². The van der Waals surface area contributed by atoms with E-state index in [1.807, 2.05) is 19.1 Å². The highest BCUT2D eigenvalue weighted by Gasteiger charge is 2.52. The first kappa shape index (κ1) is 19.5. The second kappa shape index (κ2) is 6.77. The van der Waals surface area contributed by atoms with Crippen molar-refractivity contribution in [2.45, 2.75) is 37.9 Å². The van der Waals surface area contributed by atoms with E-state index in [4.69, 9.17) is 0 Å². The molecule has 2 aliphatic rings. The number of fused-ring (bicyclic) bond motifs is 1. The average molecular weight is 423 g/mol. The van der Waals surface area contributed by atoms with Crippen molar-refractivity contribution in [2.75, 3.05) is 0 Å². The van der Waals surface area contributed by atoms with Gasteiger partial charge in [0, 0.05) is 17.7 Å². The Morgan fingerprint density at radius 3 is 2.45 bits per heavy atom. The van der Waals surface area contributed by atoms with E-state index in [1.165, 1.54) is 12.1 Å². The number of halogens is 2. The highest BCUT2D eigenvalue weighted by molar-refractivity contribution is 5.94. The Balaban J connectivity index is 1.40. The van der Waals surface area contributed by atoms with E-state index >= 15 is 0 Å². The molecule has 1 aromatic heterocycles. The van der Waals surface area contributed by atoms with Crippen LogP contribution >= 0.6 is 0 Å². The summed E-state index contributed by atoms with van der Waals surface area (Å²) < 4.78 is 35.6. The fourth-order valence-corrected chi connectivity index (χ4v) is 4.01. The number of hydrogen-bond acceptors (Lipinski definition) is 5. The number of carbonyl (C=O) groups excluding carboxylic acids is 1. The molecule has 5 nitrogen and oxygen atoms in total. The second-order valence-corrected chi connectivity index (χ2v) is 8.03. The number of aryl methyl sites for hydroxylation is 1. The van der Waals surface area contributed by atoms with E-state index < -0.39 is 11.7 Å². The van der Waals surface area contributed by atoms with E-state index in [0.717, 1.165) is 16.8 Å². The molecule has 0 spiro atoms. The number of ether oxygens (including phenoxy) is 2. The van der Waals surface area contributed by atoms with Gasteiger partial charge in [-0.25, -0.2) is 0 Å². The maximum absolute atomic E-state index is 13.3. The summed E-state index contributed by atoms with van der Waals surface area (Å²) in [6.45, 7) is 1.94. The topological polar surface area (TPSA) is 68.7 Å². The minimum atomic E-state index is -3.68. The molecule has 1 saturated carbocycles. The fourth-order valence-electron chi connectivity index (χ4n) is 4.01. The van der Waals surface area contributed by atoms with E-state index in [-0.39, 0.29) is 29.5 Å². The Kier molecular flexibility index (Phi) is 4.25. The summed E-state index contributed by atoms with van der Waals surface area (Å²) in [4.78, 5) is 17.9. The largest absolute Gasteiger partial charge is 0.586 e. The second-order valence-electron chi connectivity index (χ2n) is 8.03. The predicted octanol–water partition coefficient (Wildman–Crippen LogP) is 4.93. The number of aromatic hydroxyl groups is 1. The molecule has 0 unspecified atom stereocenters. The number of alkyl halides is 2. The first-order valence-corrected chi connectivity index (χ1v) is 9.95. The zero-order valence-corrected chi connectivity index (χ0v) is 16.7. The van der Waals surface area contributed by atoms with Gasteiger partial charge < -0.3 is 14.6 Å². The summed E-state index contributed by atoms with van der Waals surface area (Å²) in [6, 6.07) is 15.0. The van der Waals surface area contributed by atoms with Crippen molar-refractivity contribution in [3.05, 3.63) is 71.4 Å². The molecule has 0 amide bonds. The van der Waals surface area contributed by atoms with Crippen LogP contribution in [0.4, 0.5) is 8.78 Å². The van der Waals surface area contributed by atoms with Crippen LogP contribution in [0.1, 0.15) is 29.7 Å². The number of ketones is 1. The van der Waals surface area contributed by atoms with Crippen LogP contribution in [0.25, 0.3) is 11.3 Å². The summed E-state index contributed by atoms with van der Waals surface area (Å²) >= 11 is 0. The number of benzene rings is 2. The van der Waals surface area contributed by atoms with Gasteiger partial charge in [-0.2, -0.15) is 0 Å². The number of carbonyl (C=O) groups is 1. The lowest BCUT2D eigenvalue weighted by atomic mass is 9.88. The van der Waals surface area contributed by atoms with Gasteiger partial charge in [-0.05, 0) is 73.4 Å². The van der Waals surface area contributed by atoms with Crippen molar-refractivity contribution >= 4 is 5.78 Å². The summed E-state index contributed by atoms with van der Waals surface area (Å²) in [7, 11) is 0. The highest BCUT2D eigenvalue weighted by Crippen LogP contribution is 2.52. The van der Waals surface area contributed by atoms with Crippen LogP contribution in [0, 0.1) is 6.92 Å². The average Bonchev–Trinajstić information content (AvgIpc) is 3.47. The first-order chi connectivity index (χ1) is 14.8. The normalized spacial score (nSPS) is 17.4. The third kappa shape index (κ3) is 3.50. The van der Waals surface area contributed by atoms with E-state index in [0.29, 0.717) is 24.1 Å². The number of Topliss-reactive ketones (excluding diaryl/α,β-unsaturated/α-hetero) is 1. The molecule has 0 atom stereocenters. The maximum atomic E-state index is 13.3. The number of phenolic OH excluding ortho intramolecular Hbond substituents is 1. The Morgan fingerprint density at radius 1 is 1.03 bits per heavy atom. The lowest BCUT2D eigenvalue weighted by Gasteiger charge is -2.15. The maximum Gasteiger partial charge on any atom is 0.586 e. The molecule has 5 rings (SSSR count). The SMILES string of the molecule is Cc1ccc(CC(=O)C2(c3ccc4c(c3)OC(F)(F)O4)CC2)nc1-c1ccc(O)cc1. The monoisotopic (exact) mass is 423 g/mol. The van der Waals surface area contributed by atoms with Crippen LogP contribution in [-0.4, -0.2) is 22.2 Å². The predicted molar refractivity (Wildman–Crippen MR) is 108 cm³/mol. The summed E-state index contributed by atoms with van der Waals surface area (Å²) in [5.74, 6) is 0.0800. The number of aromatic nitrogens is 1. The van der Waals surface area contributed by atoms with E-state index in [9.17, 15) is 18.7 Å². The van der Waals surface area contributed by atoms with Crippen molar-refractivity contribution < 1.29 is 28.2 Å². The number of nitrogens with zero attached hydrogens (tertiary/aromatic N) is 1. The minimum absolute atomic E-state index is 0.00821. The highest BCUT2D eigenvalue weighted by atomic mass is 19.3. The van der Waals surface area contributed by atoms with Crippen LogP contribution < -0.4 is 9.47 Å². The number of pyridine rings is 1. The molecule has 2 aromatic carbocycles. The Bertz CT molecular complexity index is 1190. The Morgan fingerprint density at radius 2 is 1.74 bits per heavy atom. The third-order valence-electron chi connectivity index (χ3n) is 5.87.